The van der Waals surface area contributed by atoms with E-state index in [9.17, 15) is 4.79 Å². The van der Waals surface area contributed by atoms with Crippen molar-refractivity contribution < 1.29 is 19.4 Å². The van der Waals surface area contributed by atoms with Gasteiger partial charge in [0.05, 0.1) is 14.2 Å². The van der Waals surface area contributed by atoms with Crippen LogP contribution in [0.25, 0.3) is 0 Å². The summed E-state index contributed by atoms with van der Waals surface area (Å²) < 4.78 is 10.5. The average molecular weight is 268 g/mol. The Balaban J connectivity index is 3.06. The van der Waals surface area contributed by atoms with E-state index in [4.69, 9.17) is 26.0 Å². The minimum Gasteiger partial charge on any atom is -0.496 e. The van der Waals surface area contributed by atoms with Gasteiger partial charge in [0.2, 0.25) is 0 Å². The molecule has 6 heteroatoms. The maximum atomic E-state index is 10.8. The van der Waals surface area contributed by atoms with Crippen LogP contribution in [0, 0.1) is 6.92 Å². The molecule has 2 unspecified atom stereocenters. The van der Waals surface area contributed by atoms with Crippen LogP contribution in [0.1, 0.15) is 23.6 Å². The molecule has 0 saturated carbocycles. The number of benzene rings is 1. The van der Waals surface area contributed by atoms with E-state index in [2.05, 4.69) is 0 Å². The summed E-state index contributed by atoms with van der Waals surface area (Å²) >= 11 is 0. The van der Waals surface area contributed by atoms with Gasteiger partial charge in [0, 0.05) is 11.6 Å². The van der Waals surface area contributed by atoms with Crippen molar-refractivity contribution in [2.24, 2.45) is 11.5 Å². The Labute approximate surface area is 112 Å². The van der Waals surface area contributed by atoms with E-state index in [1.807, 2.05) is 6.92 Å². The molecule has 0 heterocycles. The molecular weight excluding hydrogens is 248 g/mol. The number of ether oxygens (including phenoxy) is 2. The first-order valence-electron chi connectivity index (χ1n) is 5.87. The van der Waals surface area contributed by atoms with Crippen molar-refractivity contribution >= 4 is 5.97 Å². The van der Waals surface area contributed by atoms with Crippen molar-refractivity contribution in [2.45, 2.75) is 25.4 Å². The summed E-state index contributed by atoms with van der Waals surface area (Å²) in [6.45, 7) is 1.89. The van der Waals surface area contributed by atoms with Gasteiger partial charge in [0.25, 0.3) is 0 Å². The first-order chi connectivity index (χ1) is 8.90. The van der Waals surface area contributed by atoms with Crippen molar-refractivity contribution in [3.05, 3.63) is 23.3 Å². The molecule has 0 spiro atoms. The summed E-state index contributed by atoms with van der Waals surface area (Å²) in [7, 11) is 3.10. The Bertz CT molecular complexity index is 462. The van der Waals surface area contributed by atoms with E-state index in [1.165, 1.54) is 7.11 Å². The van der Waals surface area contributed by atoms with Crippen LogP contribution in [-0.4, -0.2) is 31.3 Å². The SMILES string of the molecule is COc1cc(C(N)CC(N)C(=O)O)c(OC)cc1C. The highest BCUT2D eigenvalue weighted by Gasteiger charge is 2.21. The van der Waals surface area contributed by atoms with Gasteiger partial charge in [-0.25, -0.2) is 0 Å². The zero-order valence-electron chi connectivity index (χ0n) is 11.3. The molecule has 1 aromatic rings. The Kier molecular flexibility index (Phi) is 5.14. The second-order valence-corrected chi connectivity index (χ2v) is 4.35. The van der Waals surface area contributed by atoms with Crippen molar-refractivity contribution in [1.29, 1.82) is 0 Å². The minimum absolute atomic E-state index is 0.123. The molecule has 2 atom stereocenters. The fraction of sp³-hybridized carbons (Fsp3) is 0.462. The molecular formula is C13H20N2O4. The predicted molar refractivity (Wildman–Crippen MR) is 71.4 cm³/mol. The lowest BCUT2D eigenvalue weighted by atomic mass is 9.98. The van der Waals surface area contributed by atoms with Gasteiger partial charge in [0.1, 0.15) is 17.5 Å². The van der Waals surface area contributed by atoms with E-state index in [0.717, 1.165) is 5.56 Å². The van der Waals surface area contributed by atoms with Gasteiger partial charge in [-0.15, -0.1) is 0 Å². The fourth-order valence-corrected chi connectivity index (χ4v) is 1.87. The third-order valence-electron chi connectivity index (χ3n) is 2.97. The molecule has 0 aliphatic heterocycles. The standard InChI is InChI=1S/C13H20N2O4/c1-7-4-12(19-3)8(5-11(7)18-2)9(14)6-10(15)13(16)17/h4-5,9-10H,6,14-15H2,1-3H3,(H,16,17). The first kappa shape index (κ1) is 15.3. The van der Waals surface area contributed by atoms with Crippen LogP contribution in [0.15, 0.2) is 12.1 Å². The number of aliphatic carboxylic acids is 1. The number of nitrogens with two attached hydrogens (primary N) is 2. The molecule has 0 amide bonds. The van der Waals surface area contributed by atoms with E-state index in [-0.39, 0.29) is 6.42 Å². The number of carboxylic acid groups (broad SMARTS) is 1. The second kappa shape index (κ2) is 6.40. The molecule has 0 aliphatic rings. The summed E-state index contributed by atoms with van der Waals surface area (Å²) in [4.78, 5) is 10.8. The van der Waals surface area contributed by atoms with Crippen LogP contribution in [0.3, 0.4) is 0 Å². The Morgan fingerprint density at radius 2 is 1.84 bits per heavy atom. The monoisotopic (exact) mass is 268 g/mol. The molecule has 0 fully saturated rings. The molecule has 0 bridgehead atoms. The molecule has 0 aliphatic carbocycles. The molecule has 6 nitrogen and oxygen atoms in total. The van der Waals surface area contributed by atoms with Gasteiger partial charge in [-0.2, -0.15) is 0 Å². The smallest absolute Gasteiger partial charge is 0.320 e. The third kappa shape index (κ3) is 3.59. The number of hydrogen-bond acceptors (Lipinski definition) is 5. The maximum Gasteiger partial charge on any atom is 0.320 e. The van der Waals surface area contributed by atoms with Crippen molar-refractivity contribution in [3.8, 4) is 11.5 Å². The average Bonchev–Trinajstić information content (AvgIpc) is 2.37. The topological polar surface area (TPSA) is 108 Å². The minimum atomic E-state index is -1.08. The molecule has 19 heavy (non-hydrogen) atoms. The van der Waals surface area contributed by atoms with Gasteiger partial charge in [-0.1, -0.05) is 0 Å². The molecule has 1 rings (SSSR count). The Morgan fingerprint density at radius 3 is 2.32 bits per heavy atom. The second-order valence-electron chi connectivity index (χ2n) is 4.35. The molecule has 0 saturated heterocycles. The molecule has 1 aromatic carbocycles. The highest BCUT2D eigenvalue weighted by atomic mass is 16.5. The lowest BCUT2D eigenvalue weighted by Gasteiger charge is -2.19. The molecule has 106 valence electrons. The van der Waals surface area contributed by atoms with Crippen LogP contribution in [0.2, 0.25) is 0 Å². The van der Waals surface area contributed by atoms with Crippen molar-refractivity contribution in [3.63, 3.8) is 0 Å². The zero-order valence-corrected chi connectivity index (χ0v) is 11.3. The first-order valence-corrected chi connectivity index (χ1v) is 5.87. The molecule has 0 aromatic heterocycles. The number of aryl methyl sites for hydroxylation is 1. The quantitative estimate of drug-likeness (QED) is 0.704. The molecule has 5 N–H and O–H groups in total. The lowest BCUT2D eigenvalue weighted by Crippen LogP contribution is -2.33. The van der Waals surface area contributed by atoms with Gasteiger partial charge in [-0.3, -0.25) is 4.79 Å². The lowest BCUT2D eigenvalue weighted by molar-refractivity contribution is -0.138. The van der Waals surface area contributed by atoms with Crippen LogP contribution in [0.5, 0.6) is 11.5 Å². The normalized spacial score (nSPS) is 13.7. The van der Waals surface area contributed by atoms with Crippen LogP contribution >= 0.6 is 0 Å². The van der Waals surface area contributed by atoms with E-state index < -0.39 is 18.1 Å². The summed E-state index contributed by atoms with van der Waals surface area (Å²) in [6, 6.07) is 2.02. The summed E-state index contributed by atoms with van der Waals surface area (Å²) in [6.07, 6.45) is 0.123. The van der Waals surface area contributed by atoms with E-state index in [1.54, 1.807) is 19.2 Å². The highest BCUT2D eigenvalue weighted by molar-refractivity contribution is 5.73. The van der Waals surface area contributed by atoms with Gasteiger partial charge in [0.15, 0.2) is 0 Å². The predicted octanol–water partition coefficient (Wildman–Crippen LogP) is 0.814. The molecule has 0 radical (unpaired) electrons. The van der Waals surface area contributed by atoms with Gasteiger partial charge in [-0.05, 0) is 31.0 Å². The summed E-state index contributed by atoms with van der Waals surface area (Å²) in [5.74, 6) is 0.201. The maximum absolute atomic E-state index is 10.8. The summed E-state index contributed by atoms with van der Waals surface area (Å²) in [5, 5.41) is 8.81. The summed E-state index contributed by atoms with van der Waals surface area (Å²) in [5.41, 5.74) is 13.1. The van der Waals surface area contributed by atoms with Crippen LogP contribution in [0.4, 0.5) is 0 Å². The van der Waals surface area contributed by atoms with Gasteiger partial charge < -0.3 is 26.0 Å². The van der Waals surface area contributed by atoms with Crippen LogP contribution < -0.4 is 20.9 Å². The number of carboxylic acids is 1. The zero-order chi connectivity index (χ0) is 14.6. The van der Waals surface area contributed by atoms with Crippen molar-refractivity contribution in [2.75, 3.05) is 14.2 Å². The Hall–Kier alpha value is -1.79. The Morgan fingerprint density at radius 1 is 1.26 bits per heavy atom. The van der Waals surface area contributed by atoms with Crippen molar-refractivity contribution in [1.82, 2.24) is 0 Å². The van der Waals surface area contributed by atoms with E-state index >= 15 is 0 Å². The van der Waals surface area contributed by atoms with Crippen LogP contribution in [-0.2, 0) is 4.79 Å². The fourth-order valence-electron chi connectivity index (χ4n) is 1.87. The third-order valence-corrected chi connectivity index (χ3v) is 2.97. The largest absolute Gasteiger partial charge is 0.496 e. The van der Waals surface area contributed by atoms with Gasteiger partial charge >= 0.3 is 5.97 Å². The number of carbonyl (C=O) groups is 1. The highest BCUT2D eigenvalue weighted by Crippen LogP contribution is 2.33. The number of rotatable bonds is 6. The number of methoxy groups -OCH3 is 2. The number of hydrogen-bond donors (Lipinski definition) is 3. The van der Waals surface area contributed by atoms with E-state index in [0.29, 0.717) is 17.1 Å².